The van der Waals surface area contributed by atoms with Crippen molar-refractivity contribution in [3.05, 3.63) is 0 Å². The summed E-state index contributed by atoms with van der Waals surface area (Å²) in [6.07, 6.45) is 0.657. The van der Waals surface area contributed by atoms with Gasteiger partial charge in [-0.3, -0.25) is 10.1 Å². The number of rotatable bonds is 6. The van der Waals surface area contributed by atoms with E-state index in [-0.39, 0.29) is 17.9 Å². The summed E-state index contributed by atoms with van der Waals surface area (Å²) in [6.45, 7) is 6.40. The third kappa shape index (κ3) is 6.91. The molecule has 6 heteroatoms. The molecule has 0 aromatic heterocycles. The van der Waals surface area contributed by atoms with E-state index in [1.807, 2.05) is 13.8 Å². The van der Waals surface area contributed by atoms with Gasteiger partial charge in [0.25, 0.3) is 0 Å². The molecule has 0 fully saturated rings. The fourth-order valence-electron chi connectivity index (χ4n) is 1.20. The molecule has 0 heterocycles. The van der Waals surface area contributed by atoms with E-state index in [4.69, 9.17) is 5.11 Å². The van der Waals surface area contributed by atoms with Gasteiger partial charge < -0.3 is 15.7 Å². The number of carbonyl (C=O) groups is 2. The summed E-state index contributed by atoms with van der Waals surface area (Å²) < 4.78 is 0. The highest BCUT2D eigenvalue weighted by Gasteiger charge is 2.21. The molecule has 0 rings (SSSR count). The Labute approximate surface area is 102 Å². The third-order valence-electron chi connectivity index (χ3n) is 2.53. The zero-order valence-corrected chi connectivity index (χ0v) is 11.0. The van der Waals surface area contributed by atoms with Gasteiger partial charge in [0.2, 0.25) is 5.91 Å². The first kappa shape index (κ1) is 15.9. The van der Waals surface area contributed by atoms with Crippen LogP contribution in [0.5, 0.6) is 0 Å². The standard InChI is InChI=1S/C11H23N3O3/c1-8(9(16)14-10(17)12-4)13-7-11(2,3)5-6-15/h8,13,15H,5-7H2,1-4H3,(H2,12,14,16,17). The number of amides is 3. The van der Waals surface area contributed by atoms with E-state index in [1.165, 1.54) is 7.05 Å². The van der Waals surface area contributed by atoms with Crippen molar-refractivity contribution in [1.82, 2.24) is 16.0 Å². The first-order valence-corrected chi connectivity index (χ1v) is 5.69. The van der Waals surface area contributed by atoms with Crippen molar-refractivity contribution in [1.29, 1.82) is 0 Å². The summed E-state index contributed by atoms with van der Waals surface area (Å²) in [5, 5.41) is 16.4. The second-order valence-corrected chi connectivity index (χ2v) is 4.81. The van der Waals surface area contributed by atoms with Crippen molar-refractivity contribution >= 4 is 11.9 Å². The van der Waals surface area contributed by atoms with E-state index in [1.54, 1.807) is 6.92 Å². The Morgan fingerprint density at radius 2 is 1.94 bits per heavy atom. The van der Waals surface area contributed by atoms with Gasteiger partial charge in [-0.1, -0.05) is 13.8 Å². The number of hydrogen-bond acceptors (Lipinski definition) is 4. The quantitative estimate of drug-likeness (QED) is 0.523. The zero-order chi connectivity index (χ0) is 13.5. The Morgan fingerprint density at radius 1 is 1.35 bits per heavy atom. The van der Waals surface area contributed by atoms with Crippen LogP contribution in [0.15, 0.2) is 0 Å². The van der Waals surface area contributed by atoms with Gasteiger partial charge in [0.05, 0.1) is 6.04 Å². The minimum absolute atomic E-state index is 0.0870. The summed E-state index contributed by atoms with van der Waals surface area (Å²) in [5.41, 5.74) is -0.0870. The van der Waals surface area contributed by atoms with E-state index in [0.717, 1.165) is 0 Å². The van der Waals surface area contributed by atoms with Crippen LogP contribution in [0.4, 0.5) is 4.79 Å². The fraction of sp³-hybridized carbons (Fsp3) is 0.818. The number of aliphatic hydroxyl groups excluding tert-OH is 1. The van der Waals surface area contributed by atoms with E-state index in [0.29, 0.717) is 13.0 Å². The average molecular weight is 245 g/mol. The number of imide groups is 1. The maximum atomic E-state index is 11.5. The molecule has 0 aliphatic rings. The van der Waals surface area contributed by atoms with Crippen LogP contribution in [0.1, 0.15) is 27.2 Å². The van der Waals surface area contributed by atoms with Crippen molar-refractivity contribution in [2.45, 2.75) is 33.2 Å². The topological polar surface area (TPSA) is 90.5 Å². The van der Waals surface area contributed by atoms with Gasteiger partial charge >= 0.3 is 6.03 Å². The van der Waals surface area contributed by atoms with Gasteiger partial charge in [0, 0.05) is 20.2 Å². The van der Waals surface area contributed by atoms with E-state index < -0.39 is 12.1 Å². The molecule has 4 N–H and O–H groups in total. The van der Waals surface area contributed by atoms with Crippen molar-refractivity contribution in [3.8, 4) is 0 Å². The molecule has 1 unspecified atom stereocenters. The molecule has 0 radical (unpaired) electrons. The number of hydrogen-bond donors (Lipinski definition) is 4. The van der Waals surface area contributed by atoms with Gasteiger partial charge in [-0.15, -0.1) is 0 Å². The maximum Gasteiger partial charge on any atom is 0.321 e. The lowest BCUT2D eigenvalue weighted by atomic mass is 9.89. The minimum Gasteiger partial charge on any atom is -0.396 e. The Hall–Kier alpha value is -1.14. The first-order chi connectivity index (χ1) is 7.82. The molecule has 0 spiro atoms. The van der Waals surface area contributed by atoms with Crippen LogP contribution in [-0.2, 0) is 4.79 Å². The third-order valence-corrected chi connectivity index (χ3v) is 2.53. The SMILES string of the molecule is CNC(=O)NC(=O)C(C)NCC(C)(C)CCO. The second-order valence-electron chi connectivity index (χ2n) is 4.81. The molecule has 0 saturated heterocycles. The normalized spacial score (nSPS) is 13.0. The van der Waals surface area contributed by atoms with Crippen molar-refractivity contribution in [3.63, 3.8) is 0 Å². The molecular weight excluding hydrogens is 222 g/mol. The fourth-order valence-corrected chi connectivity index (χ4v) is 1.20. The van der Waals surface area contributed by atoms with Crippen LogP contribution in [0, 0.1) is 5.41 Å². The highest BCUT2D eigenvalue weighted by molar-refractivity contribution is 5.96. The molecule has 0 aromatic rings. The molecule has 0 aliphatic carbocycles. The van der Waals surface area contributed by atoms with Crippen molar-refractivity contribution in [2.75, 3.05) is 20.2 Å². The lowest BCUT2D eigenvalue weighted by molar-refractivity contribution is -0.121. The lowest BCUT2D eigenvalue weighted by Gasteiger charge is -2.25. The van der Waals surface area contributed by atoms with Gasteiger partial charge in [0.1, 0.15) is 0 Å². The van der Waals surface area contributed by atoms with Gasteiger partial charge in [0.15, 0.2) is 0 Å². The molecule has 6 nitrogen and oxygen atoms in total. The van der Waals surface area contributed by atoms with Crippen LogP contribution in [0.25, 0.3) is 0 Å². The van der Waals surface area contributed by atoms with Crippen LogP contribution >= 0.6 is 0 Å². The molecule has 0 aliphatic heterocycles. The van der Waals surface area contributed by atoms with Crippen LogP contribution in [0.2, 0.25) is 0 Å². The minimum atomic E-state index is -0.515. The predicted octanol–water partition coefficient (Wildman–Crippen LogP) is -0.171. The molecule has 0 saturated carbocycles. The predicted molar refractivity (Wildman–Crippen MR) is 65.5 cm³/mol. The summed E-state index contributed by atoms with van der Waals surface area (Å²) >= 11 is 0. The van der Waals surface area contributed by atoms with E-state index in [9.17, 15) is 9.59 Å². The Kier molecular flexibility index (Phi) is 6.75. The molecule has 17 heavy (non-hydrogen) atoms. The van der Waals surface area contributed by atoms with Gasteiger partial charge in [-0.05, 0) is 18.8 Å². The van der Waals surface area contributed by atoms with Crippen LogP contribution < -0.4 is 16.0 Å². The summed E-state index contributed by atoms with van der Waals surface area (Å²) in [6, 6.07) is -0.969. The van der Waals surface area contributed by atoms with Crippen LogP contribution in [0.3, 0.4) is 0 Å². The summed E-state index contributed by atoms with van der Waals surface area (Å²) in [5.74, 6) is -0.371. The molecule has 0 aromatic carbocycles. The lowest BCUT2D eigenvalue weighted by Crippen LogP contribution is -2.49. The highest BCUT2D eigenvalue weighted by Crippen LogP contribution is 2.18. The number of carbonyl (C=O) groups excluding carboxylic acids is 2. The monoisotopic (exact) mass is 245 g/mol. The Balaban J connectivity index is 4.04. The molecule has 100 valence electrons. The molecule has 1 atom stereocenters. The van der Waals surface area contributed by atoms with Crippen molar-refractivity contribution < 1.29 is 14.7 Å². The average Bonchev–Trinajstić information content (AvgIpc) is 2.25. The zero-order valence-electron chi connectivity index (χ0n) is 11.0. The van der Waals surface area contributed by atoms with Crippen LogP contribution in [-0.4, -0.2) is 43.3 Å². The maximum absolute atomic E-state index is 11.5. The first-order valence-electron chi connectivity index (χ1n) is 5.69. The smallest absolute Gasteiger partial charge is 0.321 e. The van der Waals surface area contributed by atoms with Crippen molar-refractivity contribution in [2.24, 2.45) is 5.41 Å². The highest BCUT2D eigenvalue weighted by atomic mass is 16.3. The van der Waals surface area contributed by atoms with E-state index >= 15 is 0 Å². The summed E-state index contributed by atoms with van der Waals surface area (Å²) in [4.78, 5) is 22.4. The second kappa shape index (κ2) is 7.24. The number of aliphatic hydroxyl groups is 1. The van der Waals surface area contributed by atoms with Gasteiger partial charge in [-0.25, -0.2) is 4.79 Å². The number of nitrogens with one attached hydrogen (secondary N) is 3. The Bertz CT molecular complexity index is 267. The largest absolute Gasteiger partial charge is 0.396 e. The molecule has 3 amide bonds. The van der Waals surface area contributed by atoms with E-state index in [2.05, 4.69) is 16.0 Å². The molecular formula is C11H23N3O3. The number of urea groups is 1. The summed E-state index contributed by atoms with van der Waals surface area (Å²) in [7, 11) is 1.45. The van der Waals surface area contributed by atoms with Gasteiger partial charge in [-0.2, -0.15) is 0 Å². The molecule has 0 bridgehead atoms. The Morgan fingerprint density at radius 3 is 2.41 bits per heavy atom.